The molecule has 2 heterocycles. The molecule has 0 radical (unpaired) electrons. The number of aryl methyl sites for hydroxylation is 1. The number of H-pyrrole nitrogens is 1. The number of hydrogen-bond donors (Lipinski definition) is 3. The molecule has 0 bridgehead atoms. The van der Waals surface area contributed by atoms with Crippen LogP contribution in [0.5, 0.6) is 0 Å². The summed E-state index contributed by atoms with van der Waals surface area (Å²) < 4.78 is 19.5. The lowest BCUT2D eigenvalue weighted by molar-refractivity contribution is 0.00357. The van der Waals surface area contributed by atoms with E-state index in [2.05, 4.69) is 15.2 Å². The summed E-state index contributed by atoms with van der Waals surface area (Å²) in [6.07, 6.45) is -0.212. The van der Waals surface area contributed by atoms with Crippen LogP contribution in [0.25, 0.3) is 10.9 Å². The van der Waals surface area contributed by atoms with Gasteiger partial charge < -0.3 is 25.0 Å². The number of aromatic nitrogens is 1. The Kier molecular flexibility index (Phi) is 5.02. The second kappa shape index (κ2) is 7.61. The fraction of sp³-hybridized carbons (Fsp3) is 0.286. The van der Waals surface area contributed by atoms with Crippen molar-refractivity contribution in [2.75, 3.05) is 36.5 Å². The van der Waals surface area contributed by atoms with E-state index in [1.165, 1.54) is 12.1 Å². The van der Waals surface area contributed by atoms with Gasteiger partial charge in [-0.15, -0.1) is 0 Å². The van der Waals surface area contributed by atoms with Crippen LogP contribution in [0.2, 0.25) is 0 Å². The van der Waals surface area contributed by atoms with Crippen molar-refractivity contribution in [3.05, 3.63) is 59.5 Å². The van der Waals surface area contributed by atoms with Gasteiger partial charge in [0, 0.05) is 29.9 Å². The lowest BCUT2D eigenvalue weighted by Gasteiger charge is -2.33. The molecule has 1 amide bonds. The molecule has 3 aromatic rings. The Morgan fingerprint density at radius 3 is 3.00 bits per heavy atom. The summed E-state index contributed by atoms with van der Waals surface area (Å²) in [5.74, 6) is -0.689. The number of ether oxygens (including phenoxy) is 1. The van der Waals surface area contributed by atoms with Gasteiger partial charge in [0.15, 0.2) is 0 Å². The molecule has 1 unspecified atom stereocenters. The Bertz CT molecular complexity index is 978. The number of aromatic amines is 1. The number of nitrogens with zero attached hydrogens (tertiary/aromatic N) is 1. The van der Waals surface area contributed by atoms with Crippen LogP contribution in [0.4, 0.5) is 15.8 Å². The van der Waals surface area contributed by atoms with Gasteiger partial charge in [0.2, 0.25) is 0 Å². The largest absolute Gasteiger partial charge is 0.394 e. The molecule has 6 nitrogen and oxygen atoms in total. The van der Waals surface area contributed by atoms with E-state index in [0.29, 0.717) is 42.0 Å². The molecule has 7 heteroatoms. The Morgan fingerprint density at radius 1 is 1.36 bits per heavy atom. The fourth-order valence-electron chi connectivity index (χ4n) is 3.49. The highest BCUT2D eigenvalue weighted by atomic mass is 19.1. The van der Waals surface area contributed by atoms with Crippen LogP contribution < -0.4 is 10.2 Å². The number of benzene rings is 2. The minimum atomic E-state index is -0.358. The number of aliphatic hydroxyl groups is 1. The molecule has 1 aliphatic rings. The number of hydrogen-bond acceptors (Lipinski definition) is 4. The smallest absolute Gasteiger partial charge is 0.272 e. The molecule has 1 aromatic heterocycles. The molecule has 28 heavy (non-hydrogen) atoms. The number of nitrogens with one attached hydrogen (secondary N) is 2. The van der Waals surface area contributed by atoms with Gasteiger partial charge in [0.1, 0.15) is 11.5 Å². The first-order valence-electron chi connectivity index (χ1n) is 9.22. The number of anilines is 2. The van der Waals surface area contributed by atoms with Gasteiger partial charge in [-0.1, -0.05) is 12.1 Å². The predicted octanol–water partition coefficient (Wildman–Crippen LogP) is 3.07. The van der Waals surface area contributed by atoms with E-state index in [-0.39, 0.29) is 24.4 Å². The van der Waals surface area contributed by atoms with Gasteiger partial charge in [-0.2, -0.15) is 0 Å². The van der Waals surface area contributed by atoms with Gasteiger partial charge in [-0.3, -0.25) is 4.79 Å². The van der Waals surface area contributed by atoms with E-state index >= 15 is 0 Å². The van der Waals surface area contributed by atoms with Gasteiger partial charge in [-0.05, 0) is 42.8 Å². The van der Waals surface area contributed by atoms with Crippen LogP contribution in [-0.4, -0.2) is 48.4 Å². The van der Waals surface area contributed by atoms with E-state index in [4.69, 9.17) is 4.74 Å². The topological polar surface area (TPSA) is 77.6 Å². The normalized spacial score (nSPS) is 17.1. The van der Waals surface area contributed by atoms with E-state index in [9.17, 15) is 14.3 Å². The molecular weight excluding hydrogens is 361 g/mol. The second-order valence-electron chi connectivity index (χ2n) is 6.96. The molecule has 146 valence electrons. The number of fused-ring (bicyclic) bond motifs is 1. The first-order chi connectivity index (χ1) is 13.5. The lowest BCUT2D eigenvalue weighted by Crippen LogP contribution is -2.44. The monoisotopic (exact) mass is 383 g/mol. The summed E-state index contributed by atoms with van der Waals surface area (Å²) in [7, 11) is 0. The van der Waals surface area contributed by atoms with Crippen LogP contribution in [0, 0.1) is 12.7 Å². The lowest BCUT2D eigenvalue weighted by atomic mass is 10.1. The maximum absolute atomic E-state index is 14.0. The quantitative estimate of drug-likeness (QED) is 0.647. The van der Waals surface area contributed by atoms with Gasteiger partial charge in [-0.25, -0.2) is 4.39 Å². The maximum Gasteiger partial charge on any atom is 0.272 e. The molecule has 1 aliphatic heterocycles. The Morgan fingerprint density at radius 2 is 2.21 bits per heavy atom. The van der Waals surface area contributed by atoms with E-state index in [1.54, 1.807) is 12.1 Å². The number of carbonyl (C=O) groups is 1. The summed E-state index contributed by atoms with van der Waals surface area (Å²) >= 11 is 0. The minimum Gasteiger partial charge on any atom is -0.394 e. The summed E-state index contributed by atoms with van der Waals surface area (Å²) in [4.78, 5) is 17.8. The van der Waals surface area contributed by atoms with Crippen molar-refractivity contribution in [1.29, 1.82) is 0 Å². The van der Waals surface area contributed by atoms with Crippen molar-refractivity contribution >= 4 is 28.2 Å². The zero-order valence-corrected chi connectivity index (χ0v) is 15.5. The molecule has 1 fully saturated rings. The fourth-order valence-corrected chi connectivity index (χ4v) is 3.49. The van der Waals surface area contributed by atoms with Crippen LogP contribution in [0.15, 0.2) is 42.5 Å². The van der Waals surface area contributed by atoms with Crippen molar-refractivity contribution in [3.63, 3.8) is 0 Å². The van der Waals surface area contributed by atoms with E-state index < -0.39 is 0 Å². The highest BCUT2D eigenvalue weighted by molar-refractivity contribution is 6.06. The summed E-state index contributed by atoms with van der Waals surface area (Å²) in [5.41, 5.74) is 3.40. The number of halogens is 1. The van der Waals surface area contributed by atoms with Crippen molar-refractivity contribution in [1.82, 2.24) is 4.98 Å². The average molecular weight is 383 g/mol. The summed E-state index contributed by atoms with van der Waals surface area (Å²) in [6, 6.07) is 12.1. The maximum atomic E-state index is 14.0. The molecule has 3 N–H and O–H groups in total. The third-order valence-electron chi connectivity index (χ3n) is 5.01. The number of carbonyl (C=O) groups excluding carboxylic acids is 1. The highest BCUT2D eigenvalue weighted by Gasteiger charge is 2.20. The number of rotatable bonds is 4. The molecule has 0 spiro atoms. The Balaban J connectivity index is 1.54. The summed E-state index contributed by atoms with van der Waals surface area (Å²) in [6.45, 7) is 3.69. The number of amides is 1. The molecule has 1 saturated heterocycles. The standard InChI is InChI=1S/C21H22FN3O3/c1-13-5-6-18(22)17-10-19(24-20(13)17)21(27)23-14-3-2-4-15(9-14)25-7-8-28-16(11-25)12-26/h2-6,9-10,16,24,26H,7-8,11-12H2,1H3,(H,23,27). The first-order valence-corrected chi connectivity index (χ1v) is 9.22. The molecule has 1 atom stereocenters. The first kappa shape index (κ1) is 18.5. The second-order valence-corrected chi connectivity index (χ2v) is 6.96. The van der Waals surface area contributed by atoms with E-state index in [1.807, 2.05) is 25.1 Å². The Hall–Kier alpha value is -2.90. The van der Waals surface area contributed by atoms with Crippen molar-refractivity contribution in [2.45, 2.75) is 13.0 Å². The molecule has 0 aliphatic carbocycles. The average Bonchev–Trinajstić information content (AvgIpc) is 3.18. The van der Waals surface area contributed by atoms with Gasteiger partial charge >= 0.3 is 0 Å². The van der Waals surface area contributed by atoms with Gasteiger partial charge in [0.25, 0.3) is 5.91 Å². The molecule has 4 rings (SSSR count). The predicted molar refractivity (Wildman–Crippen MR) is 106 cm³/mol. The van der Waals surface area contributed by atoms with Crippen LogP contribution in [0.3, 0.4) is 0 Å². The van der Waals surface area contributed by atoms with Crippen LogP contribution >= 0.6 is 0 Å². The SMILES string of the molecule is Cc1ccc(F)c2cc(C(=O)Nc3cccc(N4CCOC(CO)C4)c3)[nH]c12. The third-order valence-corrected chi connectivity index (χ3v) is 5.01. The zero-order chi connectivity index (χ0) is 19.7. The van der Waals surface area contributed by atoms with Crippen LogP contribution in [-0.2, 0) is 4.74 Å². The minimum absolute atomic E-state index is 0.0245. The Labute approximate surface area is 161 Å². The zero-order valence-electron chi connectivity index (χ0n) is 15.5. The van der Waals surface area contributed by atoms with Gasteiger partial charge in [0.05, 0.1) is 24.8 Å². The third kappa shape index (κ3) is 3.58. The molecule has 2 aromatic carbocycles. The summed E-state index contributed by atoms with van der Waals surface area (Å²) in [5, 5.41) is 12.6. The van der Waals surface area contributed by atoms with Crippen molar-refractivity contribution in [2.24, 2.45) is 0 Å². The molecular formula is C21H22FN3O3. The highest BCUT2D eigenvalue weighted by Crippen LogP contribution is 2.25. The van der Waals surface area contributed by atoms with Crippen molar-refractivity contribution in [3.8, 4) is 0 Å². The molecule has 0 saturated carbocycles. The van der Waals surface area contributed by atoms with E-state index in [0.717, 1.165) is 11.3 Å². The number of morpholine rings is 1. The van der Waals surface area contributed by atoms with Crippen molar-refractivity contribution < 1.29 is 19.0 Å². The van der Waals surface area contributed by atoms with Crippen LogP contribution in [0.1, 0.15) is 16.1 Å². The number of aliphatic hydroxyl groups excluding tert-OH is 1.